The average Bonchev–Trinajstić information content (AvgIpc) is 2.58. The molecule has 0 radical (unpaired) electrons. The molecule has 3 nitrogen and oxygen atoms in total. The quantitative estimate of drug-likeness (QED) is 0.857. The van der Waals surface area contributed by atoms with E-state index < -0.39 is 0 Å². The smallest absolute Gasteiger partial charge is 0.236 e. The largest absolute Gasteiger partial charge is 0.383 e. The highest BCUT2D eigenvalue weighted by Crippen LogP contribution is 2.37. The Balaban J connectivity index is 2.18. The standard InChI is InChI=1S/C16H15ClN2O/c1-11-10-18-14-8-7-12(17)9-15(14)19(16(11)20)13-5-3-2-4-6-13/h2-9,11,18H,10H2,1H3. The maximum Gasteiger partial charge on any atom is 0.236 e. The number of carbonyl (C=O) groups is 1. The zero-order chi connectivity index (χ0) is 14.1. The maximum atomic E-state index is 12.7. The van der Waals surface area contributed by atoms with Crippen molar-refractivity contribution in [3.05, 3.63) is 53.6 Å². The van der Waals surface area contributed by atoms with Crippen LogP contribution in [0.15, 0.2) is 48.5 Å². The van der Waals surface area contributed by atoms with Crippen LogP contribution in [0.3, 0.4) is 0 Å². The Hall–Kier alpha value is -2.00. The number of nitrogens with zero attached hydrogens (tertiary/aromatic N) is 1. The van der Waals surface area contributed by atoms with E-state index in [2.05, 4.69) is 5.32 Å². The molecule has 0 aliphatic carbocycles. The minimum Gasteiger partial charge on any atom is -0.383 e. The molecule has 0 bridgehead atoms. The Morgan fingerprint density at radius 1 is 1.20 bits per heavy atom. The minimum absolute atomic E-state index is 0.0738. The molecule has 102 valence electrons. The van der Waals surface area contributed by atoms with Crippen molar-refractivity contribution in [2.45, 2.75) is 6.92 Å². The average molecular weight is 287 g/mol. The van der Waals surface area contributed by atoms with Crippen LogP contribution >= 0.6 is 11.6 Å². The number of anilines is 3. The summed E-state index contributed by atoms with van der Waals surface area (Å²) >= 11 is 6.10. The molecule has 0 spiro atoms. The predicted octanol–water partition coefficient (Wildman–Crippen LogP) is 4.07. The van der Waals surface area contributed by atoms with Gasteiger partial charge in [-0.1, -0.05) is 36.7 Å². The van der Waals surface area contributed by atoms with Crippen LogP contribution < -0.4 is 10.2 Å². The number of carbonyl (C=O) groups excluding carboxylic acids is 1. The summed E-state index contributed by atoms with van der Waals surface area (Å²) in [6.45, 7) is 2.55. The number of halogens is 1. The molecule has 1 unspecified atom stereocenters. The zero-order valence-electron chi connectivity index (χ0n) is 11.1. The fourth-order valence-electron chi connectivity index (χ4n) is 2.37. The predicted molar refractivity (Wildman–Crippen MR) is 82.7 cm³/mol. The number of hydrogen-bond donors (Lipinski definition) is 1. The third-order valence-corrected chi connectivity index (χ3v) is 3.69. The lowest BCUT2D eigenvalue weighted by molar-refractivity contribution is -0.120. The van der Waals surface area contributed by atoms with E-state index in [1.54, 1.807) is 4.90 Å². The normalized spacial score (nSPS) is 18.2. The highest BCUT2D eigenvalue weighted by molar-refractivity contribution is 6.31. The monoisotopic (exact) mass is 286 g/mol. The van der Waals surface area contributed by atoms with Gasteiger partial charge in [0.2, 0.25) is 5.91 Å². The van der Waals surface area contributed by atoms with Gasteiger partial charge in [-0.15, -0.1) is 0 Å². The summed E-state index contributed by atoms with van der Waals surface area (Å²) in [6, 6.07) is 15.2. The summed E-state index contributed by atoms with van der Waals surface area (Å²) in [5.41, 5.74) is 2.59. The van der Waals surface area contributed by atoms with E-state index in [0.29, 0.717) is 11.6 Å². The molecule has 0 saturated carbocycles. The van der Waals surface area contributed by atoms with E-state index in [-0.39, 0.29) is 11.8 Å². The van der Waals surface area contributed by atoms with Crippen molar-refractivity contribution in [3.63, 3.8) is 0 Å². The molecule has 2 aromatic rings. The fourth-order valence-corrected chi connectivity index (χ4v) is 2.54. The molecule has 1 N–H and O–H groups in total. The van der Waals surface area contributed by atoms with Crippen LogP contribution in [0.2, 0.25) is 5.02 Å². The molecule has 1 heterocycles. The van der Waals surface area contributed by atoms with Crippen molar-refractivity contribution in [2.24, 2.45) is 5.92 Å². The molecule has 2 aromatic carbocycles. The van der Waals surface area contributed by atoms with Gasteiger partial charge < -0.3 is 5.32 Å². The van der Waals surface area contributed by atoms with Gasteiger partial charge in [-0.2, -0.15) is 0 Å². The summed E-state index contributed by atoms with van der Waals surface area (Å²) in [4.78, 5) is 14.4. The molecular weight excluding hydrogens is 272 g/mol. The first-order chi connectivity index (χ1) is 9.66. The summed E-state index contributed by atoms with van der Waals surface area (Å²) in [6.07, 6.45) is 0. The molecule has 1 aliphatic rings. The molecular formula is C16H15ClN2O. The summed E-state index contributed by atoms with van der Waals surface area (Å²) < 4.78 is 0. The van der Waals surface area contributed by atoms with Crippen LogP contribution in [-0.2, 0) is 4.79 Å². The van der Waals surface area contributed by atoms with Crippen LogP contribution in [0.1, 0.15) is 6.92 Å². The van der Waals surface area contributed by atoms with Gasteiger partial charge in [0.25, 0.3) is 0 Å². The number of para-hydroxylation sites is 1. The van der Waals surface area contributed by atoms with Gasteiger partial charge in [-0.05, 0) is 30.3 Å². The van der Waals surface area contributed by atoms with Crippen LogP contribution in [0, 0.1) is 5.92 Å². The first-order valence-corrected chi connectivity index (χ1v) is 6.97. The Morgan fingerprint density at radius 3 is 2.70 bits per heavy atom. The summed E-state index contributed by atoms with van der Waals surface area (Å²) in [7, 11) is 0. The van der Waals surface area contributed by atoms with Crippen LogP contribution in [0.25, 0.3) is 0 Å². The molecule has 0 saturated heterocycles. The van der Waals surface area contributed by atoms with Gasteiger partial charge in [0.1, 0.15) is 0 Å². The lowest BCUT2D eigenvalue weighted by Crippen LogP contribution is -2.31. The number of nitrogens with one attached hydrogen (secondary N) is 1. The van der Waals surface area contributed by atoms with Crippen molar-refractivity contribution in [1.82, 2.24) is 0 Å². The van der Waals surface area contributed by atoms with Crippen LogP contribution in [0.4, 0.5) is 17.1 Å². The second-order valence-electron chi connectivity index (χ2n) is 4.95. The SMILES string of the molecule is CC1CNc2ccc(Cl)cc2N(c2ccccc2)C1=O. The second kappa shape index (κ2) is 5.17. The van der Waals surface area contributed by atoms with Gasteiger partial charge >= 0.3 is 0 Å². The van der Waals surface area contributed by atoms with Gasteiger partial charge in [0.05, 0.1) is 17.3 Å². The number of hydrogen-bond acceptors (Lipinski definition) is 2. The van der Waals surface area contributed by atoms with Crippen molar-refractivity contribution in [2.75, 3.05) is 16.8 Å². The van der Waals surface area contributed by atoms with E-state index in [0.717, 1.165) is 17.1 Å². The van der Waals surface area contributed by atoms with E-state index >= 15 is 0 Å². The maximum absolute atomic E-state index is 12.7. The number of amides is 1. The van der Waals surface area contributed by atoms with Crippen molar-refractivity contribution >= 4 is 34.6 Å². The van der Waals surface area contributed by atoms with E-state index in [4.69, 9.17) is 11.6 Å². The number of fused-ring (bicyclic) bond motifs is 1. The van der Waals surface area contributed by atoms with E-state index in [1.807, 2.05) is 55.5 Å². The molecule has 1 atom stereocenters. The fraction of sp³-hybridized carbons (Fsp3) is 0.188. The highest BCUT2D eigenvalue weighted by Gasteiger charge is 2.28. The molecule has 4 heteroatoms. The first-order valence-electron chi connectivity index (χ1n) is 6.59. The molecule has 0 aromatic heterocycles. The lowest BCUT2D eigenvalue weighted by atomic mass is 10.1. The highest BCUT2D eigenvalue weighted by atomic mass is 35.5. The van der Waals surface area contributed by atoms with Gasteiger partial charge in [-0.3, -0.25) is 9.69 Å². The second-order valence-corrected chi connectivity index (χ2v) is 5.39. The molecule has 0 fully saturated rings. The Kier molecular flexibility index (Phi) is 3.36. The Bertz CT molecular complexity index is 642. The van der Waals surface area contributed by atoms with Crippen LogP contribution in [0.5, 0.6) is 0 Å². The Morgan fingerprint density at radius 2 is 1.95 bits per heavy atom. The number of rotatable bonds is 1. The third-order valence-electron chi connectivity index (χ3n) is 3.46. The summed E-state index contributed by atoms with van der Waals surface area (Å²) in [5, 5.41) is 3.93. The molecule has 3 rings (SSSR count). The minimum atomic E-state index is -0.0959. The Labute approximate surface area is 123 Å². The zero-order valence-corrected chi connectivity index (χ0v) is 11.9. The lowest BCUT2D eigenvalue weighted by Gasteiger charge is -2.24. The molecule has 1 aliphatic heterocycles. The topological polar surface area (TPSA) is 32.3 Å². The van der Waals surface area contributed by atoms with Crippen molar-refractivity contribution in [3.8, 4) is 0 Å². The van der Waals surface area contributed by atoms with Gasteiger partial charge in [0, 0.05) is 17.3 Å². The van der Waals surface area contributed by atoms with E-state index in [9.17, 15) is 4.79 Å². The third kappa shape index (κ3) is 2.25. The van der Waals surface area contributed by atoms with Crippen molar-refractivity contribution in [1.29, 1.82) is 0 Å². The number of benzene rings is 2. The summed E-state index contributed by atoms with van der Waals surface area (Å²) in [5.74, 6) is -0.0221. The van der Waals surface area contributed by atoms with Crippen LogP contribution in [-0.4, -0.2) is 12.5 Å². The van der Waals surface area contributed by atoms with Crippen molar-refractivity contribution < 1.29 is 4.79 Å². The van der Waals surface area contributed by atoms with Gasteiger partial charge in [0.15, 0.2) is 0 Å². The van der Waals surface area contributed by atoms with Gasteiger partial charge in [-0.25, -0.2) is 0 Å². The van der Waals surface area contributed by atoms with E-state index in [1.165, 1.54) is 0 Å². The molecule has 1 amide bonds. The molecule has 20 heavy (non-hydrogen) atoms. The first kappa shape index (κ1) is 13.0.